The van der Waals surface area contributed by atoms with E-state index in [-0.39, 0.29) is 17.2 Å². The van der Waals surface area contributed by atoms with Gasteiger partial charge in [0.15, 0.2) is 16.6 Å². The second kappa shape index (κ2) is 8.69. The van der Waals surface area contributed by atoms with Crippen molar-refractivity contribution in [1.29, 1.82) is 0 Å². The van der Waals surface area contributed by atoms with Crippen molar-refractivity contribution in [2.45, 2.75) is 5.16 Å². The number of nitrogens with one attached hydrogen (secondary N) is 2. The molecule has 0 spiro atoms. The second-order valence-corrected chi connectivity index (χ2v) is 6.45. The summed E-state index contributed by atoms with van der Waals surface area (Å²) in [6.45, 7) is 0.882. The van der Waals surface area contributed by atoms with Gasteiger partial charge in [0, 0.05) is 25.3 Å². The van der Waals surface area contributed by atoms with Crippen LogP contribution in [0.3, 0.4) is 0 Å². The molecular formula is C17H19N5O4S. The summed E-state index contributed by atoms with van der Waals surface area (Å²) in [5.41, 5.74) is 0.920. The van der Waals surface area contributed by atoms with E-state index in [1.807, 2.05) is 24.3 Å². The van der Waals surface area contributed by atoms with E-state index in [4.69, 9.17) is 9.47 Å². The molecule has 0 aliphatic heterocycles. The topological polar surface area (TPSA) is 111 Å². The second-order valence-electron chi connectivity index (χ2n) is 5.50. The summed E-state index contributed by atoms with van der Waals surface area (Å²) in [4.78, 5) is 32.6. The molecule has 2 heterocycles. The van der Waals surface area contributed by atoms with E-state index >= 15 is 0 Å². The van der Waals surface area contributed by atoms with Gasteiger partial charge in [0.05, 0.1) is 19.5 Å². The third kappa shape index (κ3) is 4.66. The maximum Gasteiger partial charge on any atom is 0.266 e. The summed E-state index contributed by atoms with van der Waals surface area (Å²) in [7, 11) is 3.16. The number of rotatable bonds is 8. The van der Waals surface area contributed by atoms with Gasteiger partial charge in [0.1, 0.15) is 5.75 Å². The van der Waals surface area contributed by atoms with E-state index in [0.29, 0.717) is 29.8 Å². The van der Waals surface area contributed by atoms with Crippen LogP contribution in [-0.4, -0.2) is 58.6 Å². The highest BCUT2D eigenvalue weighted by Crippen LogP contribution is 2.23. The van der Waals surface area contributed by atoms with Crippen molar-refractivity contribution < 1.29 is 14.3 Å². The van der Waals surface area contributed by atoms with Crippen LogP contribution in [0, 0.1) is 0 Å². The van der Waals surface area contributed by atoms with Gasteiger partial charge in [-0.15, -0.1) is 0 Å². The lowest BCUT2D eigenvalue weighted by atomic mass is 10.2. The van der Waals surface area contributed by atoms with Crippen molar-refractivity contribution in [2.24, 2.45) is 0 Å². The molecule has 0 saturated carbocycles. The van der Waals surface area contributed by atoms with Gasteiger partial charge in [-0.1, -0.05) is 11.8 Å². The Kier molecular flexibility index (Phi) is 6.09. The molecule has 27 heavy (non-hydrogen) atoms. The number of aromatic amines is 1. The highest BCUT2D eigenvalue weighted by Gasteiger charge is 2.13. The fourth-order valence-electron chi connectivity index (χ4n) is 2.32. The maximum atomic E-state index is 11.9. The fourth-order valence-corrected chi connectivity index (χ4v) is 3.10. The van der Waals surface area contributed by atoms with E-state index in [2.05, 4.69) is 20.4 Å². The number of aromatic nitrogens is 4. The van der Waals surface area contributed by atoms with Gasteiger partial charge < -0.3 is 14.8 Å². The Morgan fingerprint density at radius 1 is 1.26 bits per heavy atom. The quantitative estimate of drug-likeness (QED) is 0.436. The first kappa shape index (κ1) is 18.9. The minimum Gasteiger partial charge on any atom is -0.497 e. The molecule has 0 bridgehead atoms. The molecule has 0 aliphatic carbocycles. The highest BCUT2D eigenvalue weighted by atomic mass is 32.2. The number of hydrogen-bond donors (Lipinski definition) is 2. The number of nitrogens with zero attached hydrogens (tertiary/aromatic N) is 3. The Balaban J connectivity index is 1.86. The number of amides is 1. The average Bonchev–Trinajstić information content (AvgIpc) is 3.06. The standard InChI is InChI=1S/C17H19N5O4S/c1-25-8-7-18-15(24)10-27-17-20-16(11-3-5-12(26-2)6-4-11)19-13-9-14(23)21-22(13)17/h3-6,9H,7-8,10H2,1-2H3,(H,18,24)(H,21,23). The number of hydrogen-bond acceptors (Lipinski definition) is 7. The minimum absolute atomic E-state index is 0.149. The Hall–Kier alpha value is -2.85. The lowest BCUT2D eigenvalue weighted by Crippen LogP contribution is -2.28. The Morgan fingerprint density at radius 3 is 2.74 bits per heavy atom. The Labute approximate surface area is 159 Å². The Bertz CT molecular complexity index is 983. The number of benzene rings is 1. The lowest BCUT2D eigenvalue weighted by molar-refractivity contribution is -0.118. The van der Waals surface area contributed by atoms with E-state index < -0.39 is 0 Å². The van der Waals surface area contributed by atoms with E-state index in [0.717, 1.165) is 11.3 Å². The lowest BCUT2D eigenvalue weighted by Gasteiger charge is -2.08. The molecule has 0 fully saturated rings. The van der Waals surface area contributed by atoms with Crippen molar-refractivity contribution in [2.75, 3.05) is 33.1 Å². The van der Waals surface area contributed by atoms with E-state index in [1.165, 1.54) is 22.3 Å². The third-order valence-corrected chi connectivity index (χ3v) is 4.57. The third-order valence-electron chi connectivity index (χ3n) is 3.63. The summed E-state index contributed by atoms with van der Waals surface area (Å²) < 4.78 is 11.5. The first-order valence-corrected chi connectivity index (χ1v) is 9.12. The number of carbonyl (C=O) groups excluding carboxylic acids is 1. The van der Waals surface area contributed by atoms with Crippen LogP contribution >= 0.6 is 11.8 Å². The normalized spacial score (nSPS) is 10.9. The van der Waals surface area contributed by atoms with Crippen LogP contribution in [0.25, 0.3) is 17.0 Å². The van der Waals surface area contributed by atoms with Crippen molar-refractivity contribution in [1.82, 2.24) is 24.9 Å². The van der Waals surface area contributed by atoms with Crippen LogP contribution in [0.4, 0.5) is 0 Å². The van der Waals surface area contributed by atoms with Crippen molar-refractivity contribution in [3.63, 3.8) is 0 Å². The average molecular weight is 389 g/mol. The monoisotopic (exact) mass is 389 g/mol. The highest BCUT2D eigenvalue weighted by molar-refractivity contribution is 7.99. The van der Waals surface area contributed by atoms with Gasteiger partial charge in [-0.05, 0) is 24.3 Å². The summed E-state index contributed by atoms with van der Waals surface area (Å²) in [6, 6.07) is 8.67. The van der Waals surface area contributed by atoms with Gasteiger partial charge in [-0.3, -0.25) is 14.7 Å². The zero-order valence-electron chi connectivity index (χ0n) is 14.9. The van der Waals surface area contributed by atoms with Gasteiger partial charge in [0.2, 0.25) is 5.91 Å². The van der Waals surface area contributed by atoms with Crippen molar-refractivity contribution in [3.05, 3.63) is 40.7 Å². The number of carbonyl (C=O) groups is 1. The van der Waals surface area contributed by atoms with Gasteiger partial charge in [0.25, 0.3) is 5.56 Å². The molecule has 2 N–H and O–H groups in total. The first-order valence-electron chi connectivity index (χ1n) is 8.13. The molecule has 0 saturated heterocycles. The molecule has 1 aromatic carbocycles. The molecule has 10 heteroatoms. The number of H-pyrrole nitrogens is 1. The molecule has 0 atom stereocenters. The number of ether oxygens (including phenoxy) is 2. The Morgan fingerprint density at radius 2 is 2.04 bits per heavy atom. The molecule has 0 unspecified atom stereocenters. The van der Waals surface area contributed by atoms with Crippen molar-refractivity contribution >= 4 is 23.3 Å². The predicted molar refractivity (Wildman–Crippen MR) is 101 cm³/mol. The van der Waals surface area contributed by atoms with E-state index in [1.54, 1.807) is 14.2 Å². The maximum absolute atomic E-state index is 11.9. The summed E-state index contributed by atoms with van der Waals surface area (Å²) in [6.07, 6.45) is 0. The zero-order chi connectivity index (χ0) is 19.2. The zero-order valence-corrected chi connectivity index (χ0v) is 15.7. The molecule has 9 nitrogen and oxygen atoms in total. The van der Waals surface area contributed by atoms with Crippen LogP contribution in [0.5, 0.6) is 5.75 Å². The van der Waals surface area contributed by atoms with Gasteiger partial charge >= 0.3 is 0 Å². The van der Waals surface area contributed by atoms with Crippen molar-refractivity contribution in [3.8, 4) is 17.1 Å². The summed E-state index contributed by atoms with van der Waals surface area (Å²) in [5, 5.41) is 5.85. The molecule has 3 rings (SSSR count). The van der Waals surface area contributed by atoms with Crippen LogP contribution in [0.2, 0.25) is 0 Å². The summed E-state index contributed by atoms with van der Waals surface area (Å²) >= 11 is 1.21. The molecule has 142 valence electrons. The summed E-state index contributed by atoms with van der Waals surface area (Å²) in [5.74, 6) is 1.18. The van der Waals surface area contributed by atoms with Crippen LogP contribution in [-0.2, 0) is 9.53 Å². The van der Waals surface area contributed by atoms with E-state index in [9.17, 15) is 9.59 Å². The molecule has 0 radical (unpaired) electrons. The van der Waals surface area contributed by atoms with Crippen LogP contribution in [0.15, 0.2) is 40.3 Å². The van der Waals surface area contributed by atoms with Gasteiger partial charge in [-0.2, -0.15) is 0 Å². The molecule has 0 aliphatic rings. The molecule has 1 amide bonds. The first-order chi connectivity index (χ1) is 13.1. The minimum atomic E-state index is -0.289. The van der Waals surface area contributed by atoms with Crippen LogP contribution < -0.4 is 15.6 Å². The molecule has 3 aromatic rings. The molecule has 2 aromatic heterocycles. The smallest absolute Gasteiger partial charge is 0.266 e. The van der Waals surface area contributed by atoms with Crippen LogP contribution in [0.1, 0.15) is 0 Å². The number of fused-ring (bicyclic) bond motifs is 1. The fraction of sp³-hybridized carbons (Fsp3) is 0.294. The predicted octanol–water partition coefficient (Wildman–Crippen LogP) is 0.948. The largest absolute Gasteiger partial charge is 0.497 e. The number of thioether (sulfide) groups is 1. The van der Waals surface area contributed by atoms with Gasteiger partial charge in [-0.25, -0.2) is 14.5 Å². The SMILES string of the molecule is COCCNC(=O)CSc1nc(-c2ccc(OC)cc2)nc2cc(=O)[nH]n12. The number of methoxy groups -OCH3 is 2. The molecular weight excluding hydrogens is 370 g/mol.